The van der Waals surface area contributed by atoms with E-state index in [1.54, 1.807) is 60.7 Å². The molecule has 52 heavy (non-hydrogen) atoms. The third-order valence-corrected chi connectivity index (χ3v) is 9.46. The predicted octanol–water partition coefficient (Wildman–Crippen LogP) is 5.66. The average molecular weight is 766 g/mol. The summed E-state index contributed by atoms with van der Waals surface area (Å²) in [6.45, 7) is 1.94. The highest BCUT2D eigenvalue weighted by atomic mass is 35.5. The van der Waals surface area contributed by atoms with Gasteiger partial charge in [0, 0.05) is 29.8 Å². The summed E-state index contributed by atoms with van der Waals surface area (Å²) >= 11 is 13.3. The summed E-state index contributed by atoms with van der Waals surface area (Å²) in [7, 11) is 4.27. The number of ether oxygens (including phenoxy) is 3. The van der Waals surface area contributed by atoms with Crippen LogP contribution in [0.15, 0.2) is 75.2 Å². The molecular weight excluding hydrogens is 735 g/mol. The number of carbonyl (C=O) groups excluding carboxylic acids is 3. The summed E-state index contributed by atoms with van der Waals surface area (Å²) in [6, 6.07) is 16.4. The van der Waals surface area contributed by atoms with Crippen LogP contribution in [-0.4, -0.2) is 60.9 Å². The second-order valence-corrected chi connectivity index (χ2v) is 13.2. The van der Waals surface area contributed by atoms with Crippen molar-refractivity contribution in [3.63, 3.8) is 0 Å². The van der Waals surface area contributed by atoms with E-state index in [1.165, 1.54) is 36.4 Å². The minimum Gasteiger partial charge on any atom is -0.494 e. The Morgan fingerprint density at radius 3 is 2.40 bits per heavy atom. The lowest BCUT2D eigenvalue weighted by Gasteiger charge is -2.14. The van der Waals surface area contributed by atoms with Gasteiger partial charge in [-0.3, -0.25) is 37.8 Å². The molecule has 0 spiro atoms. The topological polar surface area (TPSA) is 156 Å². The first-order valence-electron chi connectivity index (χ1n) is 15.6. The molecule has 0 radical (unpaired) electrons. The normalized spacial score (nSPS) is 13.7. The van der Waals surface area contributed by atoms with E-state index in [1.807, 2.05) is 6.92 Å². The fourth-order valence-corrected chi connectivity index (χ4v) is 6.67. The van der Waals surface area contributed by atoms with Crippen molar-refractivity contribution in [1.29, 1.82) is 0 Å². The van der Waals surface area contributed by atoms with Crippen LogP contribution < -0.4 is 30.8 Å². The van der Waals surface area contributed by atoms with Crippen LogP contribution in [0.3, 0.4) is 0 Å². The number of nitrogens with one attached hydrogen (secondary N) is 1. The van der Waals surface area contributed by atoms with E-state index >= 15 is 0 Å². The van der Waals surface area contributed by atoms with E-state index < -0.39 is 34.8 Å². The number of thioether (sulfide) groups is 1. The fourth-order valence-electron chi connectivity index (χ4n) is 5.36. The number of rotatable bonds is 11. The molecular formula is C35H30Cl2N6O8S. The van der Waals surface area contributed by atoms with Crippen LogP contribution in [0.2, 0.25) is 10.0 Å². The molecule has 268 valence electrons. The minimum absolute atomic E-state index is 0.0324. The minimum atomic E-state index is -0.627. The Bertz CT molecular complexity index is 2400. The number of aryl methyl sites for hydroxylation is 1. The molecule has 0 atom stereocenters. The van der Waals surface area contributed by atoms with Gasteiger partial charge in [0.05, 0.1) is 25.2 Å². The lowest BCUT2D eigenvalue weighted by molar-refractivity contribution is -0.127. The van der Waals surface area contributed by atoms with Gasteiger partial charge in [0.15, 0.2) is 22.7 Å². The number of hydrogen-bond donors (Lipinski definition) is 1. The van der Waals surface area contributed by atoms with E-state index in [0.29, 0.717) is 51.0 Å². The van der Waals surface area contributed by atoms with E-state index in [0.717, 1.165) is 9.47 Å². The fraction of sp³-hybridized carbons (Fsp3) is 0.200. The van der Waals surface area contributed by atoms with Crippen LogP contribution in [0.25, 0.3) is 17.2 Å². The van der Waals surface area contributed by atoms with Gasteiger partial charge in [-0.2, -0.15) is 4.98 Å². The van der Waals surface area contributed by atoms with Crippen molar-refractivity contribution in [2.24, 2.45) is 14.1 Å². The number of imide groups is 1. The van der Waals surface area contributed by atoms with Gasteiger partial charge >= 0.3 is 11.7 Å². The number of fused-ring (bicyclic) bond motifs is 1. The van der Waals surface area contributed by atoms with Crippen molar-refractivity contribution in [2.75, 3.05) is 25.6 Å². The Morgan fingerprint density at radius 2 is 1.71 bits per heavy atom. The number of methoxy groups -OCH3 is 1. The standard InChI is InChI=1S/C35H30Cl2N6O8S/c1-5-50-23-11-9-22(10-12-23)38-28(44)18-43-31(45)27(52-35(43)48)15-19-6-13-25(26(14-19)49-4)51-33-39-30-29(32(46)41(3)34(47)40(30)2)42(33)17-20-7-8-21(36)16-24(20)37/h6-16H,5,17-18H2,1-4H3,(H,38,44)/b27-15+. The number of benzene rings is 3. The second-order valence-electron chi connectivity index (χ2n) is 11.4. The zero-order valence-corrected chi connectivity index (χ0v) is 30.5. The molecule has 1 fully saturated rings. The molecule has 3 aromatic carbocycles. The largest absolute Gasteiger partial charge is 0.494 e. The number of aromatic nitrogens is 4. The number of imidazole rings is 1. The van der Waals surface area contributed by atoms with Crippen molar-refractivity contribution < 1.29 is 28.6 Å². The molecule has 0 bridgehead atoms. The van der Waals surface area contributed by atoms with Crippen LogP contribution >= 0.6 is 35.0 Å². The molecule has 3 heterocycles. The highest BCUT2D eigenvalue weighted by Crippen LogP contribution is 2.37. The van der Waals surface area contributed by atoms with Crippen LogP contribution in [0, 0.1) is 0 Å². The summed E-state index contributed by atoms with van der Waals surface area (Å²) in [5.74, 6) is -0.102. The maximum atomic E-state index is 13.4. The zero-order valence-electron chi connectivity index (χ0n) is 28.1. The lowest BCUT2D eigenvalue weighted by atomic mass is 10.2. The second kappa shape index (κ2) is 15.0. The van der Waals surface area contributed by atoms with Gasteiger partial charge in [-0.1, -0.05) is 35.3 Å². The monoisotopic (exact) mass is 764 g/mol. The number of hydrogen-bond acceptors (Lipinski definition) is 10. The SMILES string of the molecule is CCOc1ccc(NC(=O)CN2C(=O)S/C(=C/c3ccc(Oc4nc5c(c(=O)n(C)c(=O)n5C)n4Cc4ccc(Cl)cc4Cl)c(OC)c3)C2=O)cc1. The number of carbonyl (C=O) groups is 3. The first-order chi connectivity index (χ1) is 24.9. The Labute approximate surface area is 310 Å². The molecule has 0 aliphatic carbocycles. The van der Waals surface area contributed by atoms with Crippen molar-refractivity contribution in [3.8, 4) is 23.3 Å². The number of amides is 3. The molecule has 2 aromatic heterocycles. The zero-order chi connectivity index (χ0) is 37.3. The number of anilines is 1. The predicted molar refractivity (Wildman–Crippen MR) is 198 cm³/mol. The molecule has 3 amide bonds. The molecule has 5 aromatic rings. The average Bonchev–Trinajstić information content (AvgIpc) is 3.60. The molecule has 17 heteroatoms. The number of nitrogens with zero attached hydrogens (tertiary/aromatic N) is 5. The van der Waals surface area contributed by atoms with Gasteiger partial charge in [-0.05, 0) is 84.4 Å². The van der Waals surface area contributed by atoms with Crippen LogP contribution in [0.5, 0.6) is 23.3 Å². The van der Waals surface area contributed by atoms with Crippen LogP contribution in [-0.2, 0) is 30.2 Å². The Kier molecular flexibility index (Phi) is 10.5. The smallest absolute Gasteiger partial charge is 0.332 e. The summed E-state index contributed by atoms with van der Waals surface area (Å²) in [5.41, 5.74) is 0.620. The highest BCUT2D eigenvalue weighted by molar-refractivity contribution is 8.18. The van der Waals surface area contributed by atoms with E-state index in [2.05, 4.69) is 10.3 Å². The highest BCUT2D eigenvalue weighted by Gasteiger charge is 2.36. The first-order valence-corrected chi connectivity index (χ1v) is 17.2. The first kappa shape index (κ1) is 36.3. The molecule has 6 rings (SSSR count). The van der Waals surface area contributed by atoms with Crippen molar-refractivity contribution >= 4 is 74.9 Å². The van der Waals surface area contributed by atoms with Crippen molar-refractivity contribution in [2.45, 2.75) is 13.5 Å². The summed E-state index contributed by atoms with van der Waals surface area (Å²) in [6.07, 6.45) is 1.50. The third-order valence-electron chi connectivity index (χ3n) is 7.97. The molecule has 14 nitrogen and oxygen atoms in total. The third kappa shape index (κ3) is 7.28. The van der Waals surface area contributed by atoms with Gasteiger partial charge < -0.3 is 19.5 Å². The molecule has 0 unspecified atom stereocenters. The maximum absolute atomic E-state index is 13.4. The Morgan fingerprint density at radius 1 is 0.962 bits per heavy atom. The molecule has 1 N–H and O–H groups in total. The molecule has 1 aliphatic heterocycles. The summed E-state index contributed by atoms with van der Waals surface area (Å²) in [4.78, 5) is 70.2. The van der Waals surface area contributed by atoms with Gasteiger partial charge in [-0.15, -0.1) is 0 Å². The van der Waals surface area contributed by atoms with Gasteiger partial charge in [0.1, 0.15) is 12.3 Å². The molecule has 0 saturated carbocycles. The van der Waals surface area contributed by atoms with Crippen molar-refractivity contribution in [1.82, 2.24) is 23.6 Å². The quantitative estimate of drug-likeness (QED) is 0.167. The summed E-state index contributed by atoms with van der Waals surface area (Å²) < 4.78 is 20.9. The van der Waals surface area contributed by atoms with Crippen LogP contribution in [0.1, 0.15) is 18.1 Å². The maximum Gasteiger partial charge on any atom is 0.332 e. The molecule has 1 saturated heterocycles. The van der Waals surface area contributed by atoms with Crippen LogP contribution in [0.4, 0.5) is 10.5 Å². The van der Waals surface area contributed by atoms with Gasteiger partial charge in [0.2, 0.25) is 5.91 Å². The lowest BCUT2D eigenvalue weighted by Crippen LogP contribution is -2.37. The summed E-state index contributed by atoms with van der Waals surface area (Å²) in [5, 5.41) is 2.86. The van der Waals surface area contributed by atoms with Gasteiger partial charge in [-0.25, -0.2) is 4.79 Å². The van der Waals surface area contributed by atoms with E-state index in [4.69, 9.17) is 37.4 Å². The van der Waals surface area contributed by atoms with Gasteiger partial charge in [0.25, 0.3) is 16.7 Å². The molecule has 1 aliphatic rings. The Balaban J connectivity index is 1.25. The Hall–Kier alpha value is -5.51. The van der Waals surface area contributed by atoms with E-state index in [9.17, 15) is 24.0 Å². The van der Waals surface area contributed by atoms with Crippen molar-refractivity contribution in [3.05, 3.63) is 108 Å². The number of halogens is 2. The van der Waals surface area contributed by atoms with E-state index in [-0.39, 0.29) is 40.1 Å².